The van der Waals surface area contributed by atoms with Crippen LogP contribution in [0.2, 0.25) is 0 Å². The predicted octanol–water partition coefficient (Wildman–Crippen LogP) is 13.9. The molecule has 2 aliphatic carbocycles. The zero-order chi connectivity index (χ0) is 40.7. The number of rotatable bonds is 3. The van der Waals surface area contributed by atoms with Gasteiger partial charge in [0, 0.05) is 37.9 Å². The number of nitrogens with zero attached hydrogens (tertiary/aromatic N) is 4. The minimum Gasteiger partial charge on any atom is -0.308 e. The van der Waals surface area contributed by atoms with Crippen LogP contribution in [0.15, 0.2) is 158 Å². The van der Waals surface area contributed by atoms with Gasteiger partial charge in [-0.1, -0.05) is 143 Å². The van der Waals surface area contributed by atoms with Gasteiger partial charge in [0.05, 0.1) is 44.6 Å². The van der Waals surface area contributed by atoms with Crippen LogP contribution in [0.25, 0.3) is 88.4 Å². The maximum absolute atomic E-state index is 11.6. The van der Waals surface area contributed by atoms with Crippen molar-refractivity contribution < 1.29 is 0 Å². The van der Waals surface area contributed by atoms with Gasteiger partial charge in [-0.3, -0.25) is 0 Å². The van der Waals surface area contributed by atoms with Gasteiger partial charge in [-0.25, -0.2) is 0 Å². The molecular formula is C56H38N4. The molecule has 0 bridgehead atoms. The van der Waals surface area contributed by atoms with Gasteiger partial charge < -0.3 is 9.13 Å². The first-order valence-corrected chi connectivity index (χ1v) is 20.6. The highest BCUT2D eigenvalue weighted by Crippen LogP contribution is 2.53. The molecule has 0 aliphatic heterocycles. The molecular weight excluding hydrogens is 729 g/mol. The van der Waals surface area contributed by atoms with Crippen molar-refractivity contribution in [1.82, 2.24) is 9.13 Å². The summed E-state index contributed by atoms with van der Waals surface area (Å²) in [7, 11) is 0. The first kappa shape index (κ1) is 34.4. The average molecular weight is 767 g/mol. The lowest BCUT2D eigenvalue weighted by Gasteiger charge is -2.23. The molecule has 4 nitrogen and oxygen atoms in total. The van der Waals surface area contributed by atoms with E-state index < -0.39 is 0 Å². The molecule has 60 heavy (non-hydrogen) atoms. The number of hydrogen-bond donors (Lipinski definition) is 0. The van der Waals surface area contributed by atoms with Crippen LogP contribution in [0, 0.1) is 22.7 Å². The van der Waals surface area contributed by atoms with E-state index in [1.54, 1.807) is 0 Å². The molecule has 0 saturated heterocycles. The van der Waals surface area contributed by atoms with Crippen LogP contribution in [0.1, 0.15) is 61.1 Å². The monoisotopic (exact) mass is 766 g/mol. The van der Waals surface area contributed by atoms with Gasteiger partial charge in [-0.05, 0) is 92.5 Å². The van der Waals surface area contributed by atoms with Crippen molar-refractivity contribution in [1.29, 1.82) is 10.5 Å². The predicted molar refractivity (Wildman–Crippen MR) is 245 cm³/mol. The lowest BCUT2D eigenvalue weighted by atomic mass is 9.82. The van der Waals surface area contributed by atoms with Crippen LogP contribution in [0.3, 0.4) is 0 Å². The van der Waals surface area contributed by atoms with Crippen molar-refractivity contribution in [2.75, 3.05) is 0 Å². The molecule has 0 spiro atoms. The van der Waals surface area contributed by atoms with E-state index in [-0.39, 0.29) is 10.8 Å². The SMILES string of the molecule is CC1(C)c2ccccc2-c2cc3c4ccccc4n(-c4cc(C#N)c(-n5c6ccccc6c6cc7c(cc65)C(C)(C)c5ccccc5-7)c(-c5ccccc5)c4C#N)c3cc21. The fraction of sp³-hybridized carbons (Fsp3) is 0.107. The molecule has 8 aromatic carbocycles. The van der Waals surface area contributed by atoms with Crippen LogP contribution in [-0.2, 0) is 10.8 Å². The van der Waals surface area contributed by atoms with Gasteiger partial charge in [0.25, 0.3) is 0 Å². The maximum Gasteiger partial charge on any atom is 0.102 e. The fourth-order valence-corrected chi connectivity index (χ4v) is 11.0. The average Bonchev–Trinajstić information content (AvgIpc) is 3.93. The molecule has 0 amide bonds. The summed E-state index contributed by atoms with van der Waals surface area (Å²) < 4.78 is 4.49. The topological polar surface area (TPSA) is 57.4 Å². The fourth-order valence-electron chi connectivity index (χ4n) is 11.0. The van der Waals surface area contributed by atoms with Crippen LogP contribution < -0.4 is 0 Å². The Labute approximate surface area is 348 Å². The Morgan fingerprint density at radius 3 is 1.45 bits per heavy atom. The Morgan fingerprint density at radius 1 is 0.417 bits per heavy atom. The molecule has 0 unspecified atom stereocenters. The highest BCUT2D eigenvalue weighted by Gasteiger charge is 2.38. The van der Waals surface area contributed by atoms with E-state index in [0.29, 0.717) is 22.5 Å². The summed E-state index contributed by atoms with van der Waals surface area (Å²) in [6.07, 6.45) is 0. The molecule has 4 heteroatoms. The standard InChI is InChI=1S/C56H38N4/c1-55(2)44-22-12-8-18-35(44)39-27-41-37-20-10-14-24-48(37)59(51(41)29-46(39)55)50-26-34(31-57)54(53(43(50)32-58)33-16-6-5-7-17-33)60-49-25-15-11-21-38(49)42-28-40-36-19-9-13-23-45(36)56(3,4)47(40)30-52(42)60/h5-30H,1-4H3. The summed E-state index contributed by atoms with van der Waals surface area (Å²) in [4.78, 5) is 0. The van der Waals surface area contributed by atoms with E-state index in [0.717, 1.165) is 54.7 Å². The molecule has 2 aliphatic rings. The van der Waals surface area contributed by atoms with Gasteiger partial charge in [-0.15, -0.1) is 0 Å². The van der Waals surface area contributed by atoms with E-state index >= 15 is 0 Å². The molecule has 2 heterocycles. The molecule has 0 atom stereocenters. The van der Waals surface area contributed by atoms with Gasteiger partial charge in [-0.2, -0.15) is 10.5 Å². The smallest absolute Gasteiger partial charge is 0.102 e. The third-order valence-corrected chi connectivity index (χ3v) is 13.8. The molecule has 0 saturated carbocycles. The highest BCUT2D eigenvalue weighted by molar-refractivity contribution is 6.14. The summed E-state index contributed by atoms with van der Waals surface area (Å²) in [5.74, 6) is 0. The van der Waals surface area contributed by atoms with Gasteiger partial charge in [0.15, 0.2) is 0 Å². The highest BCUT2D eigenvalue weighted by atomic mass is 15.0. The van der Waals surface area contributed by atoms with E-state index in [1.165, 1.54) is 44.5 Å². The molecule has 0 fully saturated rings. The third-order valence-electron chi connectivity index (χ3n) is 13.8. The number of fused-ring (bicyclic) bond motifs is 12. The number of benzene rings is 8. The summed E-state index contributed by atoms with van der Waals surface area (Å²) in [5.41, 5.74) is 17.7. The van der Waals surface area contributed by atoms with E-state index in [1.807, 2.05) is 24.3 Å². The van der Waals surface area contributed by atoms with Crippen LogP contribution in [0.5, 0.6) is 0 Å². The normalized spacial score (nSPS) is 14.2. The first-order valence-electron chi connectivity index (χ1n) is 20.6. The van der Waals surface area contributed by atoms with Crippen molar-refractivity contribution in [2.45, 2.75) is 38.5 Å². The van der Waals surface area contributed by atoms with Crippen molar-refractivity contribution in [3.8, 4) is 56.9 Å². The van der Waals surface area contributed by atoms with Crippen LogP contribution in [0.4, 0.5) is 0 Å². The zero-order valence-electron chi connectivity index (χ0n) is 33.8. The quantitative estimate of drug-likeness (QED) is 0.180. The third kappa shape index (κ3) is 4.32. The lowest BCUT2D eigenvalue weighted by molar-refractivity contribution is 0.661. The van der Waals surface area contributed by atoms with Crippen molar-refractivity contribution in [3.05, 3.63) is 191 Å². The van der Waals surface area contributed by atoms with Gasteiger partial charge >= 0.3 is 0 Å². The van der Waals surface area contributed by atoms with Crippen molar-refractivity contribution in [3.63, 3.8) is 0 Å². The van der Waals surface area contributed by atoms with Crippen molar-refractivity contribution in [2.24, 2.45) is 0 Å². The summed E-state index contributed by atoms with van der Waals surface area (Å²) in [6.45, 7) is 9.20. The van der Waals surface area contributed by atoms with Gasteiger partial charge in [0.2, 0.25) is 0 Å². The molecule has 10 aromatic rings. The Kier molecular flexibility index (Phi) is 6.85. The maximum atomic E-state index is 11.6. The molecule has 0 radical (unpaired) electrons. The van der Waals surface area contributed by atoms with E-state index in [9.17, 15) is 10.5 Å². The zero-order valence-corrected chi connectivity index (χ0v) is 33.8. The minimum atomic E-state index is -0.226. The second-order valence-corrected chi connectivity index (χ2v) is 17.5. The minimum absolute atomic E-state index is 0.219. The Balaban J connectivity index is 1.22. The number of para-hydroxylation sites is 2. The Hall–Kier alpha value is -7.66. The van der Waals surface area contributed by atoms with Gasteiger partial charge in [0.1, 0.15) is 12.1 Å². The number of hydrogen-bond acceptors (Lipinski definition) is 2. The second-order valence-electron chi connectivity index (χ2n) is 17.5. The lowest BCUT2D eigenvalue weighted by Crippen LogP contribution is -2.15. The van der Waals surface area contributed by atoms with Crippen LogP contribution >= 0.6 is 0 Å². The largest absolute Gasteiger partial charge is 0.308 e. The second kappa shape index (κ2) is 12.0. The number of nitriles is 2. The summed E-state index contributed by atoms with van der Waals surface area (Å²) in [5, 5.41) is 27.5. The molecule has 2 aromatic heterocycles. The number of aromatic nitrogens is 2. The summed E-state index contributed by atoms with van der Waals surface area (Å²) in [6, 6.07) is 61.3. The molecule has 12 rings (SSSR count). The van der Waals surface area contributed by atoms with E-state index in [4.69, 9.17) is 0 Å². The Bertz CT molecular complexity index is 3620. The molecule has 282 valence electrons. The molecule has 0 N–H and O–H groups in total. The first-order chi connectivity index (χ1) is 29.2. The Morgan fingerprint density at radius 2 is 0.900 bits per heavy atom. The van der Waals surface area contributed by atoms with Crippen LogP contribution in [-0.4, -0.2) is 9.13 Å². The van der Waals surface area contributed by atoms with Crippen molar-refractivity contribution >= 4 is 43.6 Å². The van der Waals surface area contributed by atoms with E-state index in [2.05, 4.69) is 182 Å². The summed E-state index contributed by atoms with van der Waals surface area (Å²) >= 11 is 0.